The van der Waals surface area contributed by atoms with Gasteiger partial charge in [0.2, 0.25) is 0 Å². The van der Waals surface area contributed by atoms with Crippen molar-refractivity contribution in [3.63, 3.8) is 0 Å². The van der Waals surface area contributed by atoms with Gasteiger partial charge in [-0.05, 0) is 12.8 Å². The molecule has 0 fully saturated rings. The Morgan fingerprint density at radius 3 is 2.71 bits per heavy atom. The van der Waals surface area contributed by atoms with Crippen molar-refractivity contribution in [3.05, 3.63) is 16.1 Å². The van der Waals surface area contributed by atoms with E-state index < -0.39 is 0 Å². The van der Waals surface area contributed by atoms with Crippen molar-refractivity contribution in [3.8, 4) is 0 Å². The van der Waals surface area contributed by atoms with Crippen LogP contribution in [0.15, 0.2) is 5.38 Å². The van der Waals surface area contributed by atoms with Crippen molar-refractivity contribution in [2.45, 2.75) is 33.2 Å². The second kappa shape index (κ2) is 6.12. The molecule has 0 aromatic carbocycles. The Kier molecular flexibility index (Phi) is 5.08. The Balaban J connectivity index is 2.68. The molecule has 0 radical (unpaired) electrons. The predicted molar refractivity (Wildman–Crippen MR) is 71.1 cm³/mol. The molecule has 0 spiro atoms. The summed E-state index contributed by atoms with van der Waals surface area (Å²) in [6.07, 6.45) is 1.07. The molecule has 96 valence electrons. The maximum Gasteiger partial charge on any atom is 0.273 e. The molecule has 0 saturated heterocycles. The van der Waals surface area contributed by atoms with Crippen molar-refractivity contribution in [2.75, 3.05) is 13.6 Å². The summed E-state index contributed by atoms with van der Waals surface area (Å²) in [4.78, 5) is 18.1. The number of aromatic nitrogens is 1. The average molecular weight is 255 g/mol. The zero-order chi connectivity index (χ0) is 13.0. The number of hydrogen-bond donors (Lipinski definition) is 1. The van der Waals surface area contributed by atoms with E-state index in [4.69, 9.17) is 5.73 Å². The van der Waals surface area contributed by atoms with E-state index in [9.17, 15) is 4.79 Å². The van der Waals surface area contributed by atoms with E-state index in [0.29, 0.717) is 11.6 Å². The number of nitrogens with two attached hydrogens (primary N) is 1. The maximum absolute atomic E-state index is 12.1. The number of thiazole rings is 1. The molecule has 4 nitrogen and oxygen atoms in total. The number of carbonyl (C=O) groups excluding carboxylic acids is 1. The topological polar surface area (TPSA) is 59.2 Å². The molecular weight excluding hydrogens is 234 g/mol. The fraction of sp³-hybridized carbons (Fsp3) is 0.667. The molecule has 1 rings (SSSR count). The predicted octanol–water partition coefficient (Wildman–Crippen LogP) is 2.28. The van der Waals surface area contributed by atoms with Gasteiger partial charge in [-0.3, -0.25) is 4.79 Å². The van der Waals surface area contributed by atoms with Crippen LogP contribution in [0.25, 0.3) is 0 Å². The van der Waals surface area contributed by atoms with Crippen molar-refractivity contribution >= 4 is 17.2 Å². The highest BCUT2D eigenvalue weighted by atomic mass is 32.1. The maximum atomic E-state index is 12.1. The second-order valence-corrected chi connectivity index (χ2v) is 5.45. The summed E-state index contributed by atoms with van der Waals surface area (Å²) in [5.74, 6) is 0.490. The zero-order valence-corrected chi connectivity index (χ0v) is 11.8. The lowest BCUT2D eigenvalue weighted by Crippen LogP contribution is -2.31. The third-order valence-corrected chi connectivity index (χ3v) is 3.81. The second-order valence-electron chi connectivity index (χ2n) is 4.56. The quantitative estimate of drug-likeness (QED) is 0.878. The van der Waals surface area contributed by atoms with Gasteiger partial charge < -0.3 is 10.6 Å². The highest BCUT2D eigenvalue weighted by Crippen LogP contribution is 2.17. The molecule has 0 bridgehead atoms. The summed E-state index contributed by atoms with van der Waals surface area (Å²) in [7, 11) is 1.82. The van der Waals surface area contributed by atoms with Crippen molar-refractivity contribution in [1.82, 2.24) is 9.88 Å². The minimum absolute atomic E-state index is 0.0200. The molecule has 0 saturated carbocycles. The third kappa shape index (κ3) is 3.78. The van der Waals surface area contributed by atoms with Gasteiger partial charge in [0.25, 0.3) is 5.91 Å². The van der Waals surface area contributed by atoms with Crippen molar-refractivity contribution in [1.29, 1.82) is 0 Å². The number of amides is 1. The third-order valence-electron chi connectivity index (χ3n) is 2.76. The first kappa shape index (κ1) is 14.1. The molecule has 1 aromatic heterocycles. The molecular formula is C12H21N3OS. The first-order chi connectivity index (χ1) is 7.95. The van der Waals surface area contributed by atoms with E-state index in [2.05, 4.69) is 18.8 Å². The monoisotopic (exact) mass is 255 g/mol. The standard InChI is InChI=1S/C12H21N3OS/c1-5-8(2)6-15(4)12(16)10-7-17-11(14-10)9(3)13/h7-9H,5-6,13H2,1-4H3. The summed E-state index contributed by atoms with van der Waals surface area (Å²) in [6, 6.07) is -0.110. The lowest BCUT2D eigenvalue weighted by molar-refractivity contribution is 0.0769. The van der Waals surface area contributed by atoms with Crippen LogP contribution in [0.2, 0.25) is 0 Å². The van der Waals surface area contributed by atoms with Gasteiger partial charge in [-0.25, -0.2) is 4.98 Å². The Hall–Kier alpha value is -0.940. The van der Waals surface area contributed by atoms with Crippen LogP contribution in [0.5, 0.6) is 0 Å². The molecule has 2 N–H and O–H groups in total. The normalized spacial score (nSPS) is 14.4. The Bertz CT molecular complexity index is 376. The molecule has 0 aliphatic heterocycles. The molecule has 2 unspecified atom stereocenters. The summed E-state index contributed by atoms with van der Waals surface area (Å²) in [6.45, 7) is 6.90. The van der Waals surface area contributed by atoms with E-state index in [-0.39, 0.29) is 11.9 Å². The van der Waals surface area contributed by atoms with Crippen LogP contribution in [0.4, 0.5) is 0 Å². The number of carbonyl (C=O) groups is 1. The van der Waals surface area contributed by atoms with Crippen molar-refractivity contribution in [2.24, 2.45) is 11.7 Å². The molecule has 0 aliphatic rings. The number of nitrogens with zero attached hydrogens (tertiary/aromatic N) is 2. The van der Waals surface area contributed by atoms with Gasteiger partial charge in [-0.15, -0.1) is 11.3 Å². The van der Waals surface area contributed by atoms with Gasteiger partial charge in [-0.1, -0.05) is 20.3 Å². The van der Waals surface area contributed by atoms with Crippen LogP contribution in [0.1, 0.15) is 48.7 Å². The molecule has 1 heterocycles. The molecule has 1 amide bonds. The van der Waals surface area contributed by atoms with E-state index in [1.165, 1.54) is 11.3 Å². The minimum Gasteiger partial charge on any atom is -0.340 e. The zero-order valence-electron chi connectivity index (χ0n) is 10.9. The Morgan fingerprint density at radius 1 is 1.59 bits per heavy atom. The van der Waals surface area contributed by atoms with Gasteiger partial charge in [0, 0.05) is 19.0 Å². The minimum atomic E-state index is -0.110. The summed E-state index contributed by atoms with van der Waals surface area (Å²) in [5, 5.41) is 2.60. The van der Waals surface area contributed by atoms with E-state index in [1.54, 1.807) is 10.3 Å². The van der Waals surface area contributed by atoms with Crippen LogP contribution in [0, 0.1) is 5.92 Å². The highest BCUT2D eigenvalue weighted by Gasteiger charge is 2.17. The lowest BCUT2D eigenvalue weighted by Gasteiger charge is -2.19. The summed E-state index contributed by atoms with van der Waals surface area (Å²) >= 11 is 1.44. The van der Waals surface area contributed by atoms with Crippen LogP contribution < -0.4 is 5.73 Å². The smallest absolute Gasteiger partial charge is 0.273 e. The van der Waals surface area contributed by atoms with Gasteiger partial charge in [0.1, 0.15) is 10.7 Å². The fourth-order valence-corrected chi connectivity index (χ4v) is 2.22. The molecule has 1 aromatic rings. The van der Waals surface area contributed by atoms with Gasteiger partial charge >= 0.3 is 0 Å². The van der Waals surface area contributed by atoms with E-state index in [1.807, 2.05) is 14.0 Å². The highest BCUT2D eigenvalue weighted by molar-refractivity contribution is 7.09. The van der Waals surface area contributed by atoms with Gasteiger partial charge in [0.15, 0.2) is 0 Å². The molecule has 2 atom stereocenters. The number of hydrogen-bond acceptors (Lipinski definition) is 4. The lowest BCUT2D eigenvalue weighted by atomic mass is 10.1. The van der Waals surface area contributed by atoms with Gasteiger partial charge in [0.05, 0.1) is 6.04 Å². The van der Waals surface area contributed by atoms with Crippen LogP contribution in [-0.4, -0.2) is 29.4 Å². The molecule has 0 aliphatic carbocycles. The summed E-state index contributed by atoms with van der Waals surface area (Å²) < 4.78 is 0. The SMILES string of the molecule is CCC(C)CN(C)C(=O)c1csc(C(C)N)n1. The fourth-order valence-electron chi connectivity index (χ4n) is 1.47. The Morgan fingerprint density at radius 2 is 2.24 bits per heavy atom. The average Bonchev–Trinajstić information content (AvgIpc) is 2.77. The van der Waals surface area contributed by atoms with Crippen LogP contribution >= 0.6 is 11.3 Å². The van der Waals surface area contributed by atoms with E-state index in [0.717, 1.165) is 18.0 Å². The summed E-state index contributed by atoms with van der Waals surface area (Å²) in [5.41, 5.74) is 6.24. The number of rotatable bonds is 5. The molecule has 17 heavy (non-hydrogen) atoms. The Labute approximate surface area is 107 Å². The van der Waals surface area contributed by atoms with E-state index >= 15 is 0 Å². The first-order valence-corrected chi connectivity index (χ1v) is 6.80. The van der Waals surface area contributed by atoms with Crippen LogP contribution in [-0.2, 0) is 0 Å². The van der Waals surface area contributed by atoms with Crippen LogP contribution in [0.3, 0.4) is 0 Å². The largest absolute Gasteiger partial charge is 0.340 e. The first-order valence-electron chi connectivity index (χ1n) is 5.92. The molecule has 5 heteroatoms. The van der Waals surface area contributed by atoms with Crippen molar-refractivity contribution < 1.29 is 4.79 Å². The van der Waals surface area contributed by atoms with Gasteiger partial charge in [-0.2, -0.15) is 0 Å².